The number of nitrogens with zero attached hydrogens (tertiary/aromatic N) is 1. The molecular formula is C26H28NS+. The van der Waals surface area contributed by atoms with E-state index in [1.54, 1.807) is 0 Å². The maximum Gasteiger partial charge on any atom is 0.263 e. The SMILES string of the molecule is C=CC=CC1=CC(=Cc2sc3ccc4ccccc4c3[n+]2CC)CC(C)(C)C1. The van der Waals surface area contributed by atoms with E-state index in [0.29, 0.717) is 0 Å². The fraction of sp³-hybridized carbons (Fsp3) is 0.269. The lowest BCUT2D eigenvalue weighted by Crippen LogP contribution is -2.33. The maximum absolute atomic E-state index is 3.81. The Hall–Kier alpha value is -2.45. The van der Waals surface area contributed by atoms with Gasteiger partial charge in [0.15, 0.2) is 0 Å². The van der Waals surface area contributed by atoms with Crippen LogP contribution in [-0.4, -0.2) is 0 Å². The highest BCUT2D eigenvalue weighted by molar-refractivity contribution is 7.19. The van der Waals surface area contributed by atoms with Crippen LogP contribution in [0.2, 0.25) is 0 Å². The Morgan fingerprint density at radius 2 is 1.96 bits per heavy atom. The number of thiazole rings is 1. The highest BCUT2D eigenvalue weighted by Gasteiger charge is 2.26. The van der Waals surface area contributed by atoms with Gasteiger partial charge in [-0.2, -0.15) is 4.57 Å². The summed E-state index contributed by atoms with van der Waals surface area (Å²) in [6.45, 7) is 11.8. The predicted octanol–water partition coefficient (Wildman–Crippen LogP) is 7.23. The van der Waals surface area contributed by atoms with Crippen molar-refractivity contribution in [2.45, 2.75) is 40.2 Å². The second-order valence-electron chi connectivity index (χ2n) is 8.37. The average Bonchev–Trinajstić information content (AvgIpc) is 3.02. The van der Waals surface area contributed by atoms with Gasteiger partial charge in [0.25, 0.3) is 5.01 Å². The zero-order valence-corrected chi connectivity index (χ0v) is 17.9. The minimum atomic E-state index is 0.280. The van der Waals surface area contributed by atoms with Gasteiger partial charge < -0.3 is 0 Å². The Labute approximate surface area is 172 Å². The first-order chi connectivity index (χ1) is 13.5. The molecule has 0 bridgehead atoms. The number of hydrogen-bond acceptors (Lipinski definition) is 1. The Kier molecular flexibility index (Phi) is 5.07. The van der Waals surface area contributed by atoms with Crippen LogP contribution in [0.15, 0.2) is 78.4 Å². The average molecular weight is 387 g/mol. The smallest absolute Gasteiger partial charge is 0.182 e. The van der Waals surface area contributed by atoms with Crippen molar-refractivity contribution in [3.05, 3.63) is 83.4 Å². The van der Waals surface area contributed by atoms with Crippen LogP contribution in [0.1, 0.15) is 38.6 Å². The van der Waals surface area contributed by atoms with E-state index in [0.717, 1.165) is 19.4 Å². The Balaban J connectivity index is 1.88. The zero-order chi connectivity index (χ0) is 19.7. The number of fused-ring (bicyclic) bond motifs is 3. The van der Waals surface area contributed by atoms with Crippen molar-refractivity contribution >= 4 is 38.4 Å². The molecule has 2 aromatic carbocycles. The highest BCUT2D eigenvalue weighted by Crippen LogP contribution is 2.39. The Morgan fingerprint density at radius 3 is 2.75 bits per heavy atom. The largest absolute Gasteiger partial charge is 0.263 e. The summed E-state index contributed by atoms with van der Waals surface area (Å²) in [7, 11) is 0. The lowest BCUT2D eigenvalue weighted by atomic mass is 9.75. The van der Waals surface area contributed by atoms with Crippen LogP contribution in [0.25, 0.3) is 27.1 Å². The summed E-state index contributed by atoms with van der Waals surface area (Å²) < 4.78 is 3.84. The molecule has 1 nitrogen and oxygen atoms in total. The van der Waals surface area contributed by atoms with Crippen molar-refractivity contribution < 1.29 is 4.57 Å². The van der Waals surface area contributed by atoms with Crippen LogP contribution >= 0.6 is 11.3 Å². The normalized spacial score (nSPS) is 18.2. The van der Waals surface area contributed by atoms with Gasteiger partial charge in [0, 0.05) is 6.08 Å². The number of aromatic nitrogens is 1. The summed E-state index contributed by atoms with van der Waals surface area (Å²) in [5, 5.41) is 3.99. The predicted molar refractivity (Wildman–Crippen MR) is 124 cm³/mol. The molecule has 2 heteroatoms. The van der Waals surface area contributed by atoms with Crippen molar-refractivity contribution in [1.29, 1.82) is 0 Å². The summed E-state index contributed by atoms with van der Waals surface area (Å²) in [4.78, 5) is 0. The van der Waals surface area contributed by atoms with Gasteiger partial charge >= 0.3 is 0 Å². The molecule has 0 atom stereocenters. The highest BCUT2D eigenvalue weighted by atomic mass is 32.1. The number of aryl methyl sites for hydroxylation is 1. The van der Waals surface area contributed by atoms with Gasteiger partial charge in [-0.15, -0.1) is 0 Å². The lowest BCUT2D eigenvalue weighted by molar-refractivity contribution is -0.664. The second kappa shape index (κ2) is 7.52. The van der Waals surface area contributed by atoms with E-state index in [-0.39, 0.29) is 5.41 Å². The number of rotatable bonds is 4. The third kappa shape index (κ3) is 3.62. The summed E-state index contributed by atoms with van der Waals surface area (Å²) in [5.41, 5.74) is 4.44. The molecule has 0 saturated carbocycles. The lowest BCUT2D eigenvalue weighted by Gasteiger charge is -2.30. The molecule has 0 saturated heterocycles. The van der Waals surface area contributed by atoms with Gasteiger partial charge in [-0.1, -0.05) is 80.3 Å². The molecule has 1 aromatic heterocycles. The standard InChI is InChI=1S/C26H28NS/c1-5-7-10-19-15-20(18-26(3,4)17-19)16-24-27(6-2)25-22-12-9-8-11-21(22)13-14-23(25)28-24/h5,7-16H,1,6,17-18H2,2-4H3/q+1. The van der Waals surface area contributed by atoms with E-state index < -0.39 is 0 Å². The van der Waals surface area contributed by atoms with Gasteiger partial charge in [-0.05, 0) is 53.8 Å². The molecule has 4 rings (SSSR count). The first kappa shape index (κ1) is 18.9. The molecule has 0 unspecified atom stereocenters. The monoisotopic (exact) mass is 386 g/mol. The molecule has 0 fully saturated rings. The molecule has 1 aliphatic rings. The van der Waals surface area contributed by atoms with E-state index in [1.165, 1.54) is 37.1 Å². The van der Waals surface area contributed by atoms with Crippen molar-refractivity contribution in [2.75, 3.05) is 0 Å². The first-order valence-corrected chi connectivity index (χ1v) is 10.9. The van der Waals surface area contributed by atoms with Crippen LogP contribution in [0.5, 0.6) is 0 Å². The van der Waals surface area contributed by atoms with Gasteiger partial charge in [0.05, 0.1) is 5.39 Å². The van der Waals surface area contributed by atoms with E-state index in [2.05, 4.69) is 86.5 Å². The quantitative estimate of drug-likeness (QED) is 0.329. The third-order valence-electron chi connectivity index (χ3n) is 5.42. The summed E-state index contributed by atoms with van der Waals surface area (Å²) in [6, 6.07) is 13.2. The van der Waals surface area contributed by atoms with Crippen molar-refractivity contribution in [3.63, 3.8) is 0 Å². The van der Waals surface area contributed by atoms with Crippen LogP contribution in [0, 0.1) is 5.41 Å². The van der Waals surface area contributed by atoms with Crippen LogP contribution < -0.4 is 4.57 Å². The van der Waals surface area contributed by atoms with Gasteiger partial charge in [0.2, 0.25) is 5.52 Å². The number of hydrogen-bond donors (Lipinski definition) is 0. The third-order valence-corrected chi connectivity index (χ3v) is 6.52. The minimum absolute atomic E-state index is 0.280. The first-order valence-electron chi connectivity index (χ1n) is 10.0. The Morgan fingerprint density at radius 1 is 1.14 bits per heavy atom. The van der Waals surface area contributed by atoms with E-state index in [4.69, 9.17) is 0 Å². The molecule has 142 valence electrons. The van der Waals surface area contributed by atoms with Crippen molar-refractivity contribution in [1.82, 2.24) is 0 Å². The van der Waals surface area contributed by atoms with Gasteiger partial charge in [-0.25, -0.2) is 0 Å². The van der Waals surface area contributed by atoms with E-state index in [9.17, 15) is 0 Å². The van der Waals surface area contributed by atoms with E-state index >= 15 is 0 Å². The molecule has 0 amide bonds. The molecule has 28 heavy (non-hydrogen) atoms. The van der Waals surface area contributed by atoms with Crippen LogP contribution in [0.3, 0.4) is 0 Å². The molecular weight excluding hydrogens is 358 g/mol. The number of benzene rings is 2. The summed E-state index contributed by atoms with van der Waals surface area (Å²) in [5.74, 6) is 0. The molecule has 3 aromatic rings. The number of allylic oxidation sites excluding steroid dienone is 6. The molecule has 0 spiro atoms. The maximum atomic E-state index is 3.81. The molecule has 0 radical (unpaired) electrons. The minimum Gasteiger partial charge on any atom is -0.182 e. The van der Waals surface area contributed by atoms with Crippen LogP contribution in [-0.2, 0) is 6.54 Å². The van der Waals surface area contributed by atoms with Gasteiger partial charge in [0.1, 0.15) is 11.2 Å². The second-order valence-corrected chi connectivity index (χ2v) is 9.43. The molecule has 0 aliphatic heterocycles. The van der Waals surface area contributed by atoms with E-state index in [1.807, 2.05) is 23.5 Å². The topological polar surface area (TPSA) is 3.88 Å². The Bertz CT molecular complexity index is 1140. The van der Waals surface area contributed by atoms with Crippen LogP contribution in [0.4, 0.5) is 0 Å². The van der Waals surface area contributed by atoms with Crippen molar-refractivity contribution in [2.24, 2.45) is 5.41 Å². The molecule has 1 aliphatic carbocycles. The fourth-order valence-corrected chi connectivity index (χ4v) is 5.57. The summed E-state index contributed by atoms with van der Waals surface area (Å²) >= 11 is 1.90. The zero-order valence-electron chi connectivity index (χ0n) is 17.0. The molecule has 0 N–H and O–H groups in total. The van der Waals surface area contributed by atoms with Gasteiger partial charge in [-0.3, -0.25) is 0 Å². The fourth-order valence-electron chi connectivity index (χ4n) is 4.35. The van der Waals surface area contributed by atoms with Crippen molar-refractivity contribution in [3.8, 4) is 0 Å². The summed E-state index contributed by atoms with van der Waals surface area (Å²) in [6.07, 6.45) is 13.1. The molecule has 1 heterocycles.